The fraction of sp³-hybridized carbons (Fsp3) is 0.133. The van der Waals surface area contributed by atoms with Crippen LogP contribution in [0.2, 0.25) is 0 Å². The lowest BCUT2D eigenvalue weighted by Gasteiger charge is -2.24. The van der Waals surface area contributed by atoms with Gasteiger partial charge in [-0.15, -0.1) is 0 Å². The average molecular weight is 542 g/mol. The van der Waals surface area contributed by atoms with Crippen LogP contribution in [-0.2, 0) is 10.8 Å². The Hall–Kier alpha value is -2.42. The predicted octanol–water partition coefficient (Wildman–Crippen LogP) is 8.36. The van der Waals surface area contributed by atoms with Gasteiger partial charge in [0.2, 0.25) is 0 Å². The van der Waals surface area contributed by atoms with E-state index >= 15 is 0 Å². The summed E-state index contributed by atoms with van der Waals surface area (Å²) in [4.78, 5) is 0. The molecule has 0 saturated heterocycles. The minimum absolute atomic E-state index is 0.0340. The lowest BCUT2D eigenvalue weighted by Crippen LogP contribution is -2.20. The summed E-state index contributed by atoms with van der Waals surface area (Å²) in [7, 11) is 0. The first kappa shape index (κ1) is 20.2. The standard InChI is InChI=1S/C30H22Br2/c31-27(32)26-29(30(26,24-17-9-3-10-18-24)25-19-11-4-12-20-25)21-28(29,22-13-5-1-6-14-22)23-15-7-2-8-16-23/h1-20H,21H2. The predicted molar refractivity (Wildman–Crippen MR) is 139 cm³/mol. The van der Waals surface area contributed by atoms with Crippen LogP contribution in [0, 0.1) is 5.41 Å². The van der Waals surface area contributed by atoms with Crippen molar-refractivity contribution in [1.82, 2.24) is 0 Å². The van der Waals surface area contributed by atoms with E-state index in [1.807, 2.05) is 0 Å². The van der Waals surface area contributed by atoms with Gasteiger partial charge in [0.1, 0.15) is 0 Å². The third kappa shape index (κ3) is 2.43. The van der Waals surface area contributed by atoms with E-state index in [1.165, 1.54) is 27.8 Å². The van der Waals surface area contributed by atoms with Crippen molar-refractivity contribution < 1.29 is 0 Å². The molecule has 0 N–H and O–H groups in total. The van der Waals surface area contributed by atoms with Gasteiger partial charge in [-0.25, -0.2) is 0 Å². The highest BCUT2D eigenvalue weighted by molar-refractivity contribution is 9.28. The molecule has 2 saturated carbocycles. The first-order valence-electron chi connectivity index (χ1n) is 11.0. The number of allylic oxidation sites excluding steroid dienone is 1. The normalized spacial score (nSPS) is 21.9. The van der Waals surface area contributed by atoms with Crippen molar-refractivity contribution in [2.24, 2.45) is 5.41 Å². The molecular formula is C30H22Br2. The molecule has 0 bridgehead atoms. The van der Waals surface area contributed by atoms with Crippen molar-refractivity contribution in [3.05, 3.63) is 153 Å². The lowest BCUT2D eigenvalue weighted by molar-refractivity contribution is 0.616. The lowest BCUT2D eigenvalue weighted by atomic mass is 9.78. The van der Waals surface area contributed by atoms with E-state index in [2.05, 4.69) is 153 Å². The zero-order valence-electron chi connectivity index (χ0n) is 17.5. The molecule has 0 radical (unpaired) electrons. The van der Waals surface area contributed by atoms with Crippen LogP contribution < -0.4 is 0 Å². The molecular weight excluding hydrogens is 520 g/mol. The maximum Gasteiger partial charge on any atom is 0.0615 e. The Labute approximate surface area is 206 Å². The number of hydrogen-bond donors (Lipinski definition) is 0. The molecule has 1 spiro atoms. The third-order valence-electron chi connectivity index (χ3n) is 7.65. The average Bonchev–Trinajstić information content (AvgIpc) is 3.73. The quantitative estimate of drug-likeness (QED) is 0.243. The second-order valence-corrected chi connectivity index (χ2v) is 11.5. The molecule has 1 atom stereocenters. The molecule has 4 aromatic carbocycles. The summed E-state index contributed by atoms with van der Waals surface area (Å²) in [5.74, 6) is 0. The van der Waals surface area contributed by atoms with Gasteiger partial charge in [-0.1, -0.05) is 121 Å². The molecule has 0 aliphatic heterocycles. The van der Waals surface area contributed by atoms with Crippen LogP contribution in [0.15, 0.2) is 130 Å². The second kappa shape index (κ2) is 7.30. The van der Waals surface area contributed by atoms with Crippen LogP contribution in [0.25, 0.3) is 0 Å². The van der Waals surface area contributed by atoms with E-state index in [0.717, 1.165) is 9.81 Å². The maximum atomic E-state index is 3.88. The SMILES string of the molecule is BrC(Br)=C1C(c2ccccc2)(c2ccccc2)C12CC2(c1ccccc1)c1ccccc1. The van der Waals surface area contributed by atoms with Crippen molar-refractivity contribution in [3.63, 3.8) is 0 Å². The van der Waals surface area contributed by atoms with E-state index in [1.54, 1.807) is 0 Å². The highest BCUT2D eigenvalue weighted by Gasteiger charge is 2.92. The highest BCUT2D eigenvalue weighted by Crippen LogP contribution is 2.94. The highest BCUT2D eigenvalue weighted by atomic mass is 79.9. The van der Waals surface area contributed by atoms with Crippen LogP contribution in [0.4, 0.5) is 0 Å². The molecule has 2 heteroatoms. The molecule has 2 aliphatic carbocycles. The largest absolute Gasteiger partial charge is 0.0622 e. The Morgan fingerprint density at radius 2 is 0.844 bits per heavy atom. The van der Waals surface area contributed by atoms with Crippen LogP contribution >= 0.6 is 31.9 Å². The monoisotopic (exact) mass is 540 g/mol. The van der Waals surface area contributed by atoms with Gasteiger partial charge in [0, 0.05) is 10.8 Å². The number of benzene rings is 4. The van der Waals surface area contributed by atoms with E-state index in [9.17, 15) is 0 Å². The molecule has 2 aliphatic rings. The summed E-state index contributed by atoms with van der Waals surface area (Å²) in [6, 6.07) is 44.2. The molecule has 0 nitrogen and oxygen atoms in total. The molecule has 156 valence electrons. The molecule has 0 amide bonds. The van der Waals surface area contributed by atoms with Gasteiger partial charge in [0.15, 0.2) is 0 Å². The smallest absolute Gasteiger partial charge is 0.0615 e. The van der Waals surface area contributed by atoms with E-state index in [0.29, 0.717) is 0 Å². The van der Waals surface area contributed by atoms with Gasteiger partial charge in [-0.2, -0.15) is 0 Å². The summed E-state index contributed by atoms with van der Waals surface area (Å²) >= 11 is 7.76. The summed E-state index contributed by atoms with van der Waals surface area (Å²) < 4.78 is 1.08. The van der Waals surface area contributed by atoms with E-state index in [4.69, 9.17) is 0 Å². The summed E-state index contributed by atoms with van der Waals surface area (Å²) in [6.45, 7) is 0. The molecule has 4 aromatic rings. The Morgan fingerprint density at radius 1 is 0.500 bits per heavy atom. The Balaban J connectivity index is 1.70. The summed E-state index contributed by atoms with van der Waals surface area (Å²) in [5, 5.41) is 0. The van der Waals surface area contributed by atoms with Crippen molar-refractivity contribution >= 4 is 31.9 Å². The fourth-order valence-electron chi connectivity index (χ4n) is 6.50. The summed E-state index contributed by atoms with van der Waals surface area (Å²) in [5.41, 5.74) is 6.62. The van der Waals surface area contributed by atoms with Crippen LogP contribution in [0.5, 0.6) is 0 Å². The molecule has 1 unspecified atom stereocenters. The van der Waals surface area contributed by atoms with Crippen molar-refractivity contribution in [2.75, 3.05) is 0 Å². The van der Waals surface area contributed by atoms with Crippen LogP contribution in [-0.4, -0.2) is 0 Å². The van der Waals surface area contributed by atoms with E-state index in [-0.39, 0.29) is 16.2 Å². The Kier molecular flexibility index (Phi) is 4.61. The Bertz CT molecular complexity index is 1210. The summed E-state index contributed by atoms with van der Waals surface area (Å²) in [6.07, 6.45) is 1.08. The van der Waals surface area contributed by atoms with Crippen molar-refractivity contribution in [2.45, 2.75) is 17.3 Å². The maximum absolute atomic E-state index is 3.88. The first-order valence-corrected chi connectivity index (χ1v) is 12.6. The van der Waals surface area contributed by atoms with Gasteiger partial charge < -0.3 is 0 Å². The van der Waals surface area contributed by atoms with Gasteiger partial charge in [0.25, 0.3) is 0 Å². The molecule has 2 fully saturated rings. The number of halogens is 2. The minimum atomic E-state index is -0.191. The minimum Gasteiger partial charge on any atom is -0.0622 e. The van der Waals surface area contributed by atoms with Gasteiger partial charge in [-0.3, -0.25) is 0 Å². The molecule has 32 heavy (non-hydrogen) atoms. The van der Waals surface area contributed by atoms with Gasteiger partial charge in [0.05, 0.1) is 8.81 Å². The van der Waals surface area contributed by atoms with Gasteiger partial charge in [-0.05, 0) is 66.1 Å². The second-order valence-electron chi connectivity index (χ2n) is 8.84. The van der Waals surface area contributed by atoms with E-state index < -0.39 is 0 Å². The zero-order chi connectivity index (χ0) is 21.8. The molecule has 0 aromatic heterocycles. The molecule has 0 heterocycles. The zero-order valence-corrected chi connectivity index (χ0v) is 20.7. The number of hydrogen-bond acceptors (Lipinski definition) is 0. The van der Waals surface area contributed by atoms with Crippen molar-refractivity contribution in [3.8, 4) is 0 Å². The Morgan fingerprint density at radius 3 is 1.19 bits per heavy atom. The van der Waals surface area contributed by atoms with Crippen molar-refractivity contribution in [1.29, 1.82) is 0 Å². The first-order chi connectivity index (χ1) is 15.7. The van der Waals surface area contributed by atoms with Gasteiger partial charge >= 0.3 is 0 Å². The third-order valence-corrected chi connectivity index (χ3v) is 8.44. The topological polar surface area (TPSA) is 0 Å². The van der Waals surface area contributed by atoms with Crippen LogP contribution in [0.1, 0.15) is 28.7 Å². The molecule has 6 rings (SSSR count). The fourth-order valence-corrected chi connectivity index (χ4v) is 7.77. The van der Waals surface area contributed by atoms with Crippen LogP contribution in [0.3, 0.4) is 0 Å². The number of rotatable bonds is 4.